The molecule has 0 bridgehead atoms. The number of hydrogen-bond donors (Lipinski definition) is 1. The molecule has 0 aliphatic heterocycles. The number of hydrogen-bond acceptors (Lipinski definition) is 3. The van der Waals surface area contributed by atoms with E-state index in [4.69, 9.17) is 0 Å². The molecule has 6 heteroatoms. The van der Waals surface area contributed by atoms with Gasteiger partial charge >= 0.3 is 0 Å². The monoisotopic (exact) mass is 329 g/mol. The van der Waals surface area contributed by atoms with Crippen LogP contribution in [0.2, 0.25) is 0 Å². The van der Waals surface area contributed by atoms with E-state index in [2.05, 4.69) is 23.6 Å². The predicted octanol–water partition coefficient (Wildman–Crippen LogP) is 3.73. The van der Waals surface area contributed by atoms with Crippen molar-refractivity contribution in [1.29, 1.82) is 0 Å². The molecule has 2 aromatic carbocycles. The van der Waals surface area contributed by atoms with E-state index in [1.807, 2.05) is 17.6 Å². The smallest absolute Gasteiger partial charge is 0.261 e. The summed E-state index contributed by atoms with van der Waals surface area (Å²) in [6.45, 7) is 6.08. The first-order chi connectivity index (χ1) is 10.9. The molecule has 0 saturated carbocycles. The Labute approximate surface area is 136 Å². The van der Waals surface area contributed by atoms with Crippen molar-refractivity contribution >= 4 is 26.7 Å². The lowest BCUT2D eigenvalue weighted by Crippen LogP contribution is -2.12. The van der Waals surface area contributed by atoms with Crippen LogP contribution < -0.4 is 4.72 Å². The van der Waals surface area contributed by atoms with Gasteiger partial charge in [0, 0.05) is 6.04 Å². The highest BCUT2D eigenvalue weighted by Crippen LogP contribution is 2.23. The molecule has 5 nitrogen and oxygen atoms in total. The minimum Gasteiger partial charge on any atom is -0.328 e. The number of sulfonamides is 1. The highest BCUT2D eigenvalue weighted by Gasteiger charge is 2.15. The Balaban J connectivity index is 1.93. The molecule has 1 heterocycles. The van der Waals surface area contributed by atoms with Gasteiger partial charge in [-0.05, 0) is 51.1 Å². The largest absolute Gasteiger partial charge is 0.328 e. The van der Waals surface area contributed by atoms with Crippen molar-refractivity contribution in [3.63, 3.8) is 0 Å². The zero-order valence-electron chi connectivity index (χ0n) is 13.3. The molecule has 0 aliphatic rings. The summed E-state index contributed by atoms with van der Waals surface area (Å²) in [6.07, 6.45) is 1.77. The van der Waals surface area contributed by atoms with Gasteiger partial charge in [-0.1, -0.05) is 17.7 Å². The van der Waals surface area contributed by atoms with Crippen LogP contribution in [0.1, 0.15) is 25.5 Å². The maximum absolute atomic E-state index is 12.4. The summed E-state index contributed by atoms with van der Waals surface area (Å²) in [5, 5.41) is 0. The molecule has 0 fully saturated rings. The van der Waals surface area contributed by atoms with Crippen molar-refractivity contribution in [3.05, 3.63) is 54.4 Å². The summed E-state index contributed by atoms with van der Waals surface area (Å²) < 4.78 is 29.5. The number of imidazole rings is 1. The second kappa shape index (κ2) is 5.70. The van der Waals surface area contributed by atoms with Gasteiger partial charge in [0.25, 0.3) is 10.0 Å². The molecular weight excluding hydrogens is 310 g/mol. The molecular formula is C17H19N3O2S. The summed E-state index contributed by atoms with van der Waals surface area (Å²) in [4.78, 5) is 4.59. The lowest BCUT2D eigenvalue weighted by Gasteiger charge is -2.10. The van der Waals surface area contributed by atoms with Crippen molar-refractivity contribution in [2.75, 3.05) is 4.72 Å². The van der Waals surface area contributed by atoms with Gasteiger partial charge in [-0.2, -0.15) is 0 Å². The van der Waals surface area contributed by atoms with Gasteiger partial charge in [0.1, 0.15) is 0 Å². The molecule has 0 saturated heterocycles. The summed E-state index contributed by atoms with van der Waals surface area (Å²) in [5.74, 6) is 0. The number of aryl methyl sites for hydroxylation is 1. The van der Waals surface area contributed by atoms with Crippen LogP contribution in [-0.4, -0.2) is 18.0 Å². The van der Waals surface area contributed by atoms with Gasteiger partial charge in [0.2, 0.25) is 0 Å². The van der Waals surface area contributed by atoms with Crippen molar-refractivity contribution in [2.24, 2.45) is 0 Å². The summed E-state index contributed by atoms with van der Waals surface area (Å²) in [6, 6.07) is 12.5. The number of anilines is 1. The van der Waals surface area contributed by atoms with Crippen LogP contribution in [0.4, 0.5) is 5.69 Å². The van der Waals surface area contributed by atoms with Crippen LogP contribution >= 0.6 is 0 Å². The molecule has 120 valence electrons. The van der Waals surface area contributed by atoms with Gasteiger partial charge < -0.3 is 4.57 Å². The standard InChI is InChI=1S/C17H19N3O2S/c1-12(2)20-11-18-16-10-14(6-9-17(16)20)19-23(21,22)15-7-4-13(3)5-8-15/h4-12,19H,1-3H3. The zero-order valence-corrected chi connectivity index (χ0v) is 14.1. The summed E-state index contributed by atoms with van der Waals surface area (Å²) >= 11 is 0. The lowest BCUT2D eigenvalue weighted by molar-refractivity contribution is 0.601. The average molecular weight is 329 g/mol. The van der Waals surface area contributed by atoms with Gasteiger partial charge in [-0.3, -0.25) is 4.72 Å². The minimum atomic E-state index is -3.59. The average Bonchev–Trinajstić information content (AvgIpc) is 2.90. The third kappa shape index (κ3) is 3.07. The first-order valence-electron chi connectivity index (χ1n) is 7.43. The van der Waals surface area contributed by atoms with E-state index in [0.29, 0.717) is 11.7 Å². The summed E-state index contributed by atoms with van der Waals surface area (Å²) in [7, 11) is -3.59. The van der Waals surface area contributed by atoms with Gasteiger partial charge in [0.15, 0.2) is 0 Å². The number of benzene rings is 2. The molecule has 1 aromatic heterocycles. The molecule has 0 atom stereocenters. The van der Waals surface area contributed by atoms with Crippen LogP contribution in [0.3, 0.4) is 0 Å². The van der Waals surface area contributed by atoms with Gasteiger partial charge in [0.05, 0.1) is 27.9 Å². The van der Waals surface area contributed by atoms with E-state index in [1.54, 1.807) is 42.7 Å². The quantitative estimate of drug-likeness (QED) is 0.793. The lowest BCUT2D eigenvalue weighted by atomic mass is 10.2. The first kappa shape index (κ1) is 15.6. The predicted molar refractivity (Wildman–Crippen MR) is 92.1 cm³/mol. The number of nitrogens with zero attached hydrogens (tertiary/aromatic N) is 2. The van der Waals surface area contributed by atoms with E-state index >= 15 is 0 Å². The van der Waals surface area contributed by atoms with Crippen molar-refractivity contribution < 1.29 is 8.42 Å². The van der Waals surface area contributed by atoms with Crippen molar-refractivity contribution in [2.45, 2.75) is 31.7 Å². The number of aromatic nitrogens is 2. The van der Waals surface area contributed by atoms with E-state index in [-0.39, 0.29) is 4.90 Å². The normalized spacial score (nSPS) is 12.0. The summed E-state index contributed by atoms with van der Waals surface area (Å²) in [5.41, 5.74) is 3.28. The van der Waals surface area contributed by atoms with Crippen LogP contribution in [0.5, 0.6) is 0 Å². The van der Waals surface area contributed by atoms with E-state index < -0.39 is 10.0 Å². The molecule has 23 heavy (non-hydrogen) atoms. The third-order valence-electron chi connectivity index (χ3n) is 3.71. The zero-order chi connectivity index (χ0) is 16.6. The second-order valence-corrected chi connectivity index (χ2v) is 7.55. The Bertz CT molecular complexity index is 942. The van der Waals surface area contributed by atoms with Gasteiger partial charge in [-0.15, -0.1) is 0 Å². The number of fused-ring (bicyclic) bond motifs is 1. The van der Waals surface area contributed by atoms with E-state index in [0.717, 1.165) is 16.6 Å². The minimum absolute atomic E-state index is 0.246. The third-order valence-corrected chi connectivity index (χ3v) is 5.11. The fraction of sp³-hybridized carbons (Fsp3) is 0.235. The molecule has 3 aromatic rings. The SMILES string of the molecule is Cc1ccc(S(=O)(=O)Nc2ccc3c(c2)ncn3C(C)C)cc1. The Hall–Kier alpha value is -2.34. The van der Waals surface area contributed by atoms with Crippen molar-refractivity contribution in [1.82, 2.24) is 9.55 Å². The molecule has 3 rings (SSSR count). The van der Waals surface area contributed by atoms with Crippen LogP contribution in [-0.2, 0) is 10.0 Å². The molecule has 0 radical (unpaired) electrons. The first-order valence-corrected chi connectivity index (χ1v) is 8.91. The number of nitrogens with one attached hydrogen (secondary N) is 1. The molecule has 0 spiro atoms. The maximum atomic E-state index is 12.4. The molecule has 0 amide bonds. The van der Waals surface area contributed by atoms with Gasteiger partial charge in [-0.25, -0.2) is 13.4 Å². The van der Waals surface area contributed by atoms with E-state index in [9.17, 15) is 8.42 Å². The Morgan fingerprint density at radius 3 is 2.43 bits per heavy atom. The van der Waals surface area contributed by atoms with Crippen LogP contribution in [0.25, 0.3) is 11.0 Å². The van der Waals surface area contributed by atoms with Crippen LogP contribution in [0.15, 0.2) is 53.7 Å². The Morgan fingerprint density at radius 2 is 1.78 bits per heavy atom. The second-order valence-electron chi connectivity index (χ2n) is 5.87. The topological polar surface area (TPSA) is 64.0 Å². The molecule has 0 aliphatic carbocycles. The number of rotatable bonds is 4. The van der Waals surface area contributed by atoms with Crippen LogP contribution in [0, 0.1) is 6.92 Å². The van der Waals surface area contributed by atoms with E-state index in [1.165, 1.54) is 0 Å². The fourth-order valence-corrected chi connectivity index (χ4v) is 3.49. The Morgan fingerprint density at radius 1 is 1.09 bits per heavy atom. The van der Waals surface area contributed by atoms with Crippen molar-refractivity contribution in [3.8, 4) is 0 Å². The molecule has 0 unspecified atom stereocenters. The maximum Gasteiger partial charge on any atom is 0.261 e. The molecule has 1 N–H and O–H groups in total. The fourth-order valence-electron chi connectivity index (χ4n) is 2.44. The highest BCUT2D eigenvalue weighted by molar-refractivity contribution is 7.92. The Kier molecular flexibility index (Phi) is 3.85. The highest BCUT2D eigenvalue weighted by atomic mass is 32.2.